The van der Waals surface area contributed by atoms with Gasteiger partial charge in [-0.3, -0.25) is 4.98 Å². The van der Waals surface area contributed by atoms with Crippen LogP contribution in [0, 0.1) is 11.8 Å². The summed E-state index contributed by atoms with van der Waals surface area (Å²) in [6.07, 6.45) is 20.0. The molecular weight excluding hydrogens is 280 g/mol. The molecule has 0 aliphatic rings. The fraction of sp³-hybridized carbons (Fsp3) is 0.667. The molecule has 23 heavy (non-hydrogen) atoms. The van der Waals surface area contributed by atoms with Crippen LogP contribution in [0.2, 0.25) is 0 Å². The van der Waals surface area contributed by atoms with E-state index >= 15 is 0 Å². The van der Waals surface area contributed by atoms with Crippen LogP contribution in [-0.4, -0.2) is 11.5 Å². The first kappa shape index (κ1) is 19.7. The molecule has 0 aliphatic carbocycles. The van der Waals surface area contributed by atoms with Crippen LogP contribution in [0.25, 0.3) is 0 Å². The fourth-order valence-corrected chi connectivity index (χ4v) is 2.68. The van der Waals surface area contributed by atoms with Gasteiger partial charge in [-0.05, 0) is 50.3 Å². The quantitative estimate of drug-likeness (QED) is 0.398. The highest BCUT2D eigenvalue weighted by molar-refractivity contribution is 5.08. The highest BCUT2D eigenvalue weighted by Crippen LogP contribution is 2.10. The van der Waals surface area contributed by atoms with E-state index in [1.54, 1.807) is 0 Å². The predicted octanol–water partition coefficient (Wildman–Crippen LogP) is 5.27. The van der Waals surface area contributed by atoms with E-state index in [1.165, 1.54) is 69.8 Å². The minimum Gasteiger partial charge on any atom is -0.330 e. The third-order valence-corrected chi connectivity index (χ3v) is 4.12. The number of rotatable bonds is 13. The Hall–Kier alpha value is -1.33. The van der Waals surface area contributed by atoms with Gasteiger partial charge >= 0.3 is 0 Å². The maximum atomic E-state index is 5.47. The molecule has 0 fully saturated rings. The maximum Gasteiger partial charge on any atom is 0.0299 e. The normalized spacial score (nSPS) is 10.3. The lowest BCUT2D eigenvalue weighted by atomic mass is 10.1. The molecule has 0 atom stereocenters. The van der Waals surface area contributed by atoms with Gasteiger partial charge in [0.05, 0.1) is 0 Å². The topological polar surface area (TPSA) is 38.9 Å². The Kier molecular flexibility index (Phi) is 13.3. The Morgan fingerprint density at radius 2 is 1.39 bits per heavy atom. The predicted molar refractivity (Wildman–Crippen MR) is 100 cm³/mol. The number of pyridine rings is 1. The van der Waals surface area contributed by atoms with E-state index in [1.807, 2.05) is 18.5 Å². The summed E-state index contributed by atoms with van der Waals surface area (Å²) < 4.78 is 0. The van der Waals surface area contributed by atoms with E-state index < -0.39 is 0 Å². The molecule has 1 aromatic heterocycles. The second kappa shape index (κ2) is 15.6. The highest BCUT2D eigenvalue weighted by Gasteiger charge is 1.94. The van der Waals surface area contributed by atoms with Crippen molar-refractivity contribution in [2.24, 2.45) is 5.73 Å². The standard InChI is InChI=1S/C21H34N2/c22-18-14-12-10-8-6-4-2-1-3-5-7-9-11-13-16-21-17-15-19-23-20-21/h15,17,19-20H,1,3,5-14,16,18,22H2. The number of hydrogen-bond acceptors (Lipinski definition) is 2. The molecule has 0 saturated heterocycles. The van der Waals surface area contributed by atoms with Crippen molar-refractivity contribution in [2.75, 3.05) is 6.54 Å². The van der Waals surface area contributed by atoms with Gasteiger partial charge in [0.2, 0.25) is 0 Å². The van der Waals surface area contributed by atoms with Crippen molar-refractivity contribution in [3.63, 3.8) is 0 Å². The van der Waals surface area contributed by atoms with Crippen molar-refractivity contribution in [1.29, 1.82) is 0 Å². The minimum atomic E-state index is 0.829. The average Bonchev–Trinajstić information content (AvgIpc) is 2.59. The largest absolute Gasteiger partial charge is 0.330 e. The number of hydrogen-bond donors (Lipinski definition) is 1. The molecule has 128 valence electrons. The molecule has 0 aromatic carbocycles. The third-order valence-electron chi connectivity index (χ3n) is 4.12. The van der Waals surface area contributed by atoms with Crippen LogP contribution in [0.5, 0.6) is 0 Å². The van der Waals surface area contributed by atoms with Crippen LogP contribution >= 0.6 is 0 Å². The molecule has 1 rings (SSSR count). The summed E-state index contributed by atoms with van der Waals surface area (Å²) in [6, 6.07) is 4.19. The Morgan fingerprint density at radius 1 is 0.783 bits per heavy atom. The van der Waals surface area contributed by atoms with Crippen molar-refractivity contribution in [2.45, 2.75) is 83.5 Å². The summed E-state index contributed by atoms with van der Waals surface area (Å²) in [5, 5.41) is 0. The van der Waals surface area contributed by atoms with E-state index in [4.69, 9.17) is 5.73 Å². The van der Waals surface area contributed by atoms with Crippen molar-refractivity contribution >= 4 is 0 Å². The van der Waals surface area contributed by atoms with Crippen molar-refractivity contribution in [3.05, 3.63) is 30.1 Å². The van der Waals surface area contributed by atoms with E-state index in [0.717, 1.165) is 25.8 Å². The number of aryl methyl sites for hydroxylation is 1. The Labute approximate surface area is 143 Å². The summed E-state index contributed by atoms with van der Waals surface area (Å²) in [5.74, 6) is 6.62. The maximum absolute atomic E-state index is 5.47. The number of nitrogens with zero attached hydrogens (tertiary/aromatic N) is 1. The van der Waals surface area contributed by atoms with Crippen LogP contribution in [0.4, 0.5) is 0 Å². The lowest BCUT2D eigenvalue weighted by Crippen LogP contribution is -1.97. The molecule has 0 unspecified atom stereocenters. The van der Waals surface area contributed by atoms with E-state index in [0.29, 0.717) is 0 Å². The molecule has 2 heteroatoms. The van der Waals surface area contributed by atoms with Crippen molar-refractivity contribution < 1.29 is 0 Å². The van der Waals surface area contributed by atoms with E-state index in [-0.39, 0.29) is 0 Å². The van der Waals surface area contributed by atoms with Crippen LogP contribution in [0.15, 0.2) is 24.5 Å². The Bertz CT molecular complexity index is 416. The first-order chi connectivity index (χ1) is 11.4. The summed E-state index contributed by atoms with van der Waals surface area (Å²) >= 11 is 0. The number of unbranched alkanes of at least 4 members (excludes halogenated alkanes) is 10. The summed E-state index contributed by atoms with van der Waals surface area (Å²) in [7, 11) is 0. The monoisotopic (exact) mass is 314 g/mol. The van der Waals surface area contributed by atoms with Gasteiger partial charge in [0.1, 0.15) is 0 Å². The summed E-state index contributed by atoms with van der Waals surface area (Å²) in [4.78, 5) is 4.16. The van der Waals surface area contributed by atoms with Gasteiger partial charge in [0.15, 0.2) is 0 Å². The molecule has 1 aromatic rings. The third kappa shape index (κ3) is 12.9. The molecule has 0 radical (unpaired) electrons. The van der Waals surface area contributed by atoms with Gasteiger partial charge in [-0.1, -0.05) is 44.6 Å². The molecule has 0 aliphatic heterocycles. The second-order valence-corrected chi connectivity index (χ2v) is 6.29. The fourth-order valence-electron chi connectivity index (χ4n) is 2.68. The van der Waals surface area contributed by atoms with Crippen LogP contribution in [0.1, 0.15) is 82.6 Å². The van der Waals surface area contributed by atoms with Gasteiger partial charge in [-0.25, -0.2) is 0 Å². The van der Waals surface area contributed by atoms with Crippen LogP contribution in [0.3, 0.4) is 0 Å². The zero-order valence-corrected chi connectivity index (χ0v) is 14.7. The smallest absolute Gasteiger partial charge is 0.0299 e. The molecule has 2 N–H and O–H groups in total. The molecule has 0 amide bonds. The van der Waals surface area contributed by atoms with Crippen molar-refractivity contribution in [3.8, 4) is 11.8 Å². The molecule has 0 bridgehead atoms. The first-order valence-corrected chi connectivity index (χ1v) is 9.48. The zero-order valence-electron chi connectivity index (χ0n) is 14.7. The molecule has 2 nitrogen and oxygen atoms in total. The van der Waals surface area contributed by atoms with Gasteiger partial charge < -0.3 is 5.73 Å². The van der Waals surface area contributed by atoms with Gasteiger partial charge in [0.25, 0.3) is 0 Å². The average molecular weight is 315 g/mol. The van der Waals surface area contributed by atoms with Crippen LogP contribution in [-0.2, 0) is 6.42 Å². The Morgan fingerprint density at radius 3 is 2.00 bits per heavy atom. The SMILES string of the molecule is NCCCCCCC#CCCCCCCCCc1cccnc1. The first-order valence-electron chi connectivity index (χ1n) is 9.48. The zero-order chi connectivity index (χ0) is 16.4. The van der Waals surface area contributed by atoms with Gasteiger partial charge in [0, 0.05) is 25.2 Å². The summed E-state index contributed by atoms with van der Waals surface area (Å²) in [5.41, 5.74) is 6.84. The number of aromatic nitrogens is 1. The van der Waals surface area contributed by atoms with Crippen LogP contribution < -0.4 is 5.73 Å². The molecular formula is C21H34N2. The Balaban J connectivity index is 1.79. The lowest BCUT2D eigenvalue weighted by Gasteiger charge is -2.01. The number of nitrogens with two attached hydrogens (primary N) is 1. The van der Waals surface area contributed by atoms with E-state index in [2.05, 4.69) is 22.9 Å². The second-order valence-electron chi connectivity index (χ2n) is 6.29. The van der Waals surface area contributed by atoms with Crippen molar-refractivity contribution in [1.82, 2.24) is 4.98 Å². The van der Waals surface area contributed by atoms with Gasteiger partial charge in [-0.2, -0.15) is 0 Å². The highest BCUT2D eigenvalue weighted by atomic mass is 14.6. The molecule has 0 spiro atoms. The lowest BCUT2D eigenvalue weighted by molar-refractivity contribution is 0.598. The minimum absolute atomic E-state index is 0.829. The molecule has 0 saturated carbocycles. The molecule has 1 heterocycles. The van der Waals surface area contributed by atoms with E-state index in [9.17, 15) is 0 Å². The van der Waals surface area contributed by atoms with Gasteiger partial charge in [-0.15, -0.1) is 11.8 Å². The summed E-state index contributed by atoms with van der Waals surface area (Å²) in [6.45, 7) is 0.829.